The molecule has 110 valence electrons. The van der Waals surface area contributed by atoms with Crippen molar-refractivity contribution in [2.75, 3.05) is 6.61 Å². The standard InChI is InChI=1S/C18H19ClO2/c1-11-7-13(3)16(9-12(11)2)17(20)10-21-18-6-5-15(19)8-14(18)4/h5-9H,10H2,1-4H3. The van der Waals surface area contributed by atoms with Crippen molar-refractivity contribution in [2.24, 2.45) is 0 Å². The van der Waals surface area contributed by atoms with Crippen molar-refractivity contribution in [3.63, 3.8) is 0 Å². The lowest BCUT2D eigenvalue weighted by Crippen LogP contribution is -2.14. The molecule has 2 aromatic rings. The number of hydrogen-bond acceptors (Lipinski definition) is 2. The zero-order chi connectivity index (χ0) is 15.6. The van der Waals surface area contributed by atoms with Crippen LogP contribution in [-0.4, -0.2) is 12.4 Å². The molecule has 0 spiro atoms. The first-order valence-corrected chi connectivity index (χ1v) is 7.26. The lowest BCUT2D eigenvalue weighted by molar-refractivity contribution is 0.0920. The molecule has 3 heteroatoms. The summed E-state index contributed by atoms with van der Waals surface area (Å²) in [6.45, 7) is 7.95. The average molecular weight is 303 g/mol. The molecule has 0 unspecified atom stereocenters. The molecule has 0 aliphatic rings. The zero-order valence-corrected chi connectivity index (χ0v) is 13.5. The first kappa shape index (κ1) is 15.6. The van der Waals surface area contributed by atoms with Gasteiger partial charge in [0, 0.05) is 10.6 Å². The van der Waals surface area contributed by atoms with Gasteiger partial charge in [0.05, 0.1) is 0 Å². The van der Waals surface area contributed by atoms with E-state index in [9.17, 15) is 4.79 Å². The van der Waals surface area contributed by atoms with E-state index in [-0.39, 0.29) is 12.4 Å². The lowest BCUT2D eigenvalue weighted by Gasteiger charge is -2.11. The van der Waals surface area contributed by atoms with E-state index in [0.717, 1.165) is 22.3 Å². The number of ether oxygens (including phenoxy) is 1. The number of Topliss-reactive ketones (excluding diaryl/α,β-unsaturated/α-hetero) is 1. The molecule has 2 rings (SSSR count). The van der Waals surface area contributed by atoms with Gasteiger partial charge in [-0.3, -0.25) is 4.79 Å². The lowest BCUT2D eigenvalue weighted by atomic mass is 9.98. The Morgan fingerprint density at radius 1 is 0.952 bits per heavy atom. The quantitative estimate of drug-likeness (QED) is 0.756. The van der Waals surface area contributed by atoms with Gasteiger partial charge in [0.1, 0.15) is 5.75 Å². The van der Waals surface area contributed by atoms with Gasteiger partial charge >= 0.3 is 0 Å². The fourth-order valence-electron chi connectivity index (χ4n) is 2.26. The fourth-order valence-corrected chi connectivity index (χ4v) is 2.48. The minimum absolute atomic E-state index is 0.00931. The SMILES string of the molecule is Cc1cc(C)c(C(=O)COc2ccc(Cl)cc2C)cc1C. The van der Waals surface area contributed by atoms with Crippen LogP contribution in [0, 0.1) is 27.7 Å². The van der Waals surface area contributed by atoms with E-state index in [1.54, 1.807) is 12.1 Å². The Labute approximate surface area is 130 Å². The minimum atomic E-state index is -0.00931. The Morgan fingerprint density at radius 3 is 2.29 bits per heavy atom. The van der Waals surface area contributed by atoms with Crippen LogP contribution in [0.5, 0.6) is 5.75 Å². The highest BCUT2D eigenvalue weighted by atomic mass is 35.5. The Bertz CT molecular complexity index is 690. The summed E-state index contributed by atoms with van der Waals surface area (Å²) in [6.07, 6.45) is 0. The summed E-state index contributed by atoms with van der Waals surface area (Å²) >= 11 is 5.91. The fraction of sp³-hybridized carbons (Fsp3) is 0.278. The summed E-state index contributed by atoms with van der Waals surface area (Å²) in [6, 6.07) is 9.34. The number of benzene rings is 2. The second kappa shape index (κ2) is 6.31. The summed E-state index contributed by atoms with van der Waals surface area (Å²) in [5.41, 5.74) is 4.95. The maximum absolute atomic E-state index is 12.3. The second-order valence-electron chi connectivity index (χ2n) is 5.37. The van der Waals surface area contributed by atoms with Crippen molar-refractivity contribution in [3.8, 4) is 5.75 Å². The maximum Gasteiger partial charge on any atom is 0.200 e. The van der Waals surface area contributed by atoms with Crippen LogP contribution in [0.2, 0.25) is 5.02 Å². The zero-order valence-electron chi connectivity index (χ0n) is 12.8. The van der Waals surface area contributed by atoms with Crippen LogP contribution < -0.4 is 4.74 Å². The van der Waals surface area contributed by atoms with Crippen LogP contribution in [0.4, 0.5) is 0 Å². The van der Waals surface area contributed by atoms with Crippen LogP contribution in [-0.2, 0) is 0 Å². The summed E-state index contributed by atoms with van der Waals surface area (Å²) < 4.78 is 5.62. The summed E-state index contributed by atoms with van der Waals surface area (Å²) in [7, 11) is 0. The van der Waals surface area contributed by atoms with Crippen molar-refractivity contribution in [3.05, 3.63) is 63.2 Å². The number of halogens is 1. The molecule has 21 heavy (non-hydrogen) atoms. The van der Waals surface area contributed by atoms with Crippen LogP contribution in [0.1, 0.15) is 32.6 Å². The normalized spacial score (nSPS) is 10.5. The predicted octanol–water partition coefficient (Wildman–Crippen LogP) is 4.84. The van der Waals surface area contributed by atoms with E-state index >= 15 is 0 Å². The van der Waals surface area contributed by atoms with Gasteiger partial charge in [0.25, 0.3) is 0 Å². The van der Waals surface area contributed by atoms with E-state index in [0.29, 0.717) is 10.8 Å². The Kier molecular flexibility index (Phi) is 4.69. The topological polar surface area (TPSA) is 26.3 Å². The second-order valence-corrected chi connectivity index (χ2v) is 5.81. The van der Waals surface area contributed by atoms with E-state index < -0.39 is 0 Å². The first-order valence-electron chi connectivity index (χ1n) is 6.88. The maximum atomic E-state index is 12.3. The third-order valence-electron chi connectivity index (χ3n) is 3.64. The van der Waals surface area contributed by atoms with Gasteiger partial charge in [-0.1, -0.05) is 17.7 Å². The summed E-state index contributed by atoms with van der Waals surface area (Å²) in [4.78, 5) is 12.3. The Balaban J connectivity index is 2.13. The van der Waals surface area contributed by atoms with Crippen LogP contribution in [0.25, 0.3) is 0 Å². The molecule has 0 saturated heterocycles. The van der Waals surface area contributed by atoms with Crippen molar-refractivity contribution in [1.82, 2.24) is 0 Å². The number of carbonyl (C=O) groups is 1. The monoisotopic (exact) mass is 302 g/mol. The predicted molar refractivity (Wildman–Crippen MR) is 86.7 cm³/mol. The molecule has 0 fully saturated rings. The van der Waals surface area contributed by atoms with E-state index in [1.807, 2.05) is 45.9 Å². The molecule has 0 atom stereocenters. The largest absolute Gasteiger partial charge is 0.485 e. The molecule has 0 radical (unpaired) electrons. The Hall–Kier alpha value is -1.80. The molecule has 0 aliphatic heterocycles. The number of hydrogen-bond donors (Lipinski definition) is 0. The van der Waals surface area contributed by atoms with Gasteiger partial charge < -0.3 is 4.74 Å². The molecule has 0 saturated carbocycles. The number of rotatable bonds is 4. The van der Waals surface area contributed by atoms with Crippen molar-refractivity contribution >= 4 is 17.4 Å². The van der Waals surface area contributed by atoms with Crippen LogP contribution in [0.3, 0.4) is 0 Å². The molecule has 0 aliphatic carbocycles. The molecule has 0 N–H and O–H groups in total. The summed E-state index contributed by atoms with van der Waals surface area (Å²) in [5, 5.41) is 0.663. The van der Waals surface area contributed by atoms with Crippen molar-refractivity contribution in [1.29, 1.82) is 0 Å². The van der Waals surface area contributed by atoms with Crippen molar-refractivity contribution in [2.45, 2.75) is 27.7 Å². The van der Waals surface area contributed by atoms with Gasteiger partial charge in [0.15, 0.2) is 12.4 Å². The molecule has 2 aromatic carbocycles. The number of aryl methyl sites for hydroxylation is 4. The average Bonchev–Trinajstić information content (AvgIpc) is 2.41. The van der Waals surface area contributed by atoms with E-state index in [1.165, 1.54) is 5.56 Å². The molecule has 0 bridgehead atoms. The number of carbonyl (C=O) groups excluding carboxylic acids is 1. The molecule has 0 aromatic heterocycles. The van der Waals surface area contributed by atoms with Crippen molar-refractivity contribution < 1.29 is 9.53 Å². The van der Waals surface area contributed by atoms with E-state index in [2.05, 4.69) is 0 Å². The van der Waals surface area contributed by atoms with E-state index in [4.69, 9.17) is 16.3 Å². The highest BCUT2D eigenvalue weighted by molar-refractivity contribution is 6.30. The molecule has 2 nitrogen and oxygen atoms in total. The summed E-state index contributed by atoms with van der Waals surface area (Å²) in [5.74, 6) is 0.680. The van der Waals surface area contributed by atoms with Gasteiger partial charge in [-0.2, -0.15) is 0 Å². The smallest absolute Gasteiger partial charge is 0.200 e. The molecule has 0 amide bonds. The highest BCUT2D eigenvalue weighted by Crippen LogP contribution is 2.22. The van der Waals surface area contributed by atoms with Crippen LogP contribution >= 0.6 is 11.6 Å². The third-order valence-corrected chi connectivity index (χ3v) is 3.87. The minimum Gasteiger partial charge on any atom is -0.485 e. The van der Waals surface area contributed by atoms with Gasteiger partial charge in [-0.05, 0) is 74.2 Å². The van der Waals surface area contributed by atoms with Gasteiger partial charge in [-0.15, -0.1) is 0 Å². The Morgan fingerprint density at radius 2 is 1.62 bits per heavy atom. The number of ketones is 1. The molecular formula is C18H19ClO2. The molecular weight excluding hydrogens is 284 g/mol. The first-order chi connectivity index (χ1) is 9.88. The third kappa shape index (κ3) is 3.64. The van der Waals surface area contributed by atoms with Gasteiger partial charge in [0.2, 0.25) is 0 Å². The highest BCUT2D eigenvalue weighted by Gasteiger charge is 2.12. The van der Waals surface area contributed by atoms with Gasteiger partial charge in [-0.25, -0.2) is 0 Å². The molecule has 0 heterocycles. The van der Waals surface area contributed by atoms with Crippen LogP contribution in [0.15, 0.2) is 30.3 Å².